The van der Waals surface area contributed by atoms with Crippen LogP contribution in [-0.2, 0) is 4.79 Å². The summed E-state index contributed by atoms with van der Waals surface area (Å²) in [5, 5.41) is 6.77. The zero-order valence-electron chi connectivity index (χ0n) is 11.9. The highest BCUT2D eigenvalue weighted by Gasteiger charge is 2.36. The molecule has 0 atom stereocenters. The zero-order valence-corrected chi connectivity index (χ0v) is 11.9. The summed E-state index contributed by atoms with van der Waals surface area (Å²) in [7, 11) is 0. The average Bonchev–Trinajstić information content (AvgIpc) is 3.09. The molecule has 1 aromatic carbocycles. The van der Waals surface area contributed by atoms with Gasteiger partial charge >= 0.3 is 0 Å². The van der Waals surface area contributed by atoms with Crippen LogP contribution in [0.5, 0.6) is 0 Å². The van der Waals surface area contributed by atoms with Crippen molar-refractivity contribution in [2.75, 3.05) is 5.32 Å². The molecular weight excluding hydrogens is 268 g/mol. The first kappa shape index (κ1) is 13.8. The number of nitrogens with zero attached hydrogens (tertiary/aromatic N) is 2. The first-order chi connectivity index (χ1) is 10.1. The van der Waals surface area contributed by atoms with E-state index in [0.717, 1.165) is 31.2 Å². The van der Waals surface area contributed by atoms with Crippen LogP contribution >= 0.6 is 0 Å². The van der Waals surface area contributed by atoms with Crippen LogP contribution in [0.4, 0.5) is 5.69 Å². The van der Waals surface area contributed by atoms with Crippen molar-refractivity contribution in [3.63, 3.8) is 0 Å². The molecule has 1 aliphatic rings. The monoisotopic (exact) mass is 286 g/mol. The summed E-state index contributed by atoms with van der Waals surface area (Å²) in [4.78, 5) is 16.5. The highest BCUT2D eigenvalue weighted by molar-refractivity contribution is 5.98. The van der Waals surface area contributed by atoms with E-state index in [1.165, 1.54) is 0 Å². The fraction of sp³-hybridized carbons (Fsp3) is 0.400. The Bertz CT molecular complexity index is 659. The van der Waals surface area contributed by atoms with Crippen molar-refractivity contribution in [2.24, 2.45) is 5.73 Å². The predicted octanol–water partition coefficient (Wildman–Crippen LogP) is 2.26. The quantitative estimate of drug-likeness (QED) is 0.902. The van der Waals surface area contributed by atoms with Crippen LogP contribution in [0.3, 0.4) is 0 Å². The first-order valence-electron chi connectivity index (χ1n) is 7.08. The van der Waals surface area contributed by atoms with E-state index in [4.69, 9.17) is 10.3 Å². The van der Waals surface area contributed by atoms with Crippen LogP contribution in [0.25, 0.3) is 11.4 Å². The molecule has 110 valence electrons. The summed E-state index contributed by atoms with van der Waals surface area (Å²) < 4.78 is 4.97. The van der Waals surface area contributed by atoms with Gasteiger partial charge in [-0.15, -0.1) is 0 Å². The Hall–Kier alpha value is -2.21. The molecule has 6 nitrogen and oxygen atoms in total. The summed E-state index contributed by atoms with van der Waals surface area (Å²) in [6.07, 6.45) is 3.49. The molecule has 0 spiro atoms. The Labute approximate surface area is 122 Å². The first-order valence-corrected chi connectivity index (χ1v) is 7.08. The van der Waals surface area contributed by atoms with Crippen molar-refractivity contribution in [1.29, 1.82) is 0 Å². The maximum absolute atomic E-state index is 12.3. The minimum absolute atomic E-state index is 0.124. The van der Waals surface area contributed by atoms with E-state index in [1.807, 2.05) is 24.3 Å². The number of amides is 1. The van der Waals surface area contributed by atoms with Crippen LogP contribution in [0.15, 0.2) is 28.8 Å². The second-order valence-corrected chi connectivity index (χ2v) is 5.54. The van der Waals surface area contributed by atoms with Gasteiger partial charge in [-0.2, -0.15) is 4.98 Å². The lowest BCUT2D eigenvalue weighted by Crippen LogP contribution is -2.48. The van der Waals surface area contributed by atoms with Crippen LogP contribution in [-0.4, -0.2) is 21.6 Å². The predicted molar refractivity (Wildman–Crippen MR) is 78.5 cm³/mol. The topological polar surface area (TPSA) is 94.0 Å². The molecule has 0 aliphatic heterocycles. The zero-order chi connectivity index (χ0) is 14.9. The lowest BCUT2D eigenvalue weighted by Gasteiger charge is -2.22. The smallest absolute Gasteiger partial charge is 0.244 e. The van der Waals surface area contributed by atoms with E-state index < -0.39 is 5.54 Å². The highest BCUT2D eigenvalue weighted by atomic mass is 16.5. The van der Waals surface area contributed by atoms with Gasteiger partial charge < -0.3 is 15.6 Å². The molecule has 1 amide bonds. The Balaban J connectivity index is 1.79. The van der Waals surface area contributed by atoms with Crippen LogP contribution in [0, 0.1) is 6.92 Å². The molecule has 1 heterocycles. The largest absolute Gasteiger partial charge is 0.339 e. The van der Waals surface area contributed by atoms with E-state index >= 15 is 0 Å². The maximum Gasteiger partial charge on any atom is 0.244 e. The Morgan fingerprint density at radius 2 is 2.14 bits per heavy atom. The molecule has 0 saturated heterocycles. The molecule has 2 aromatic rings. The molecular formula is C15H18N4O2. The Morgan fingerprint density at radius 1 is 1.38 bits per heavy atom. The van der Waals surface area contributed by atoms with Gasteiger partial charge in [0.05, 0.1) is 5.54 Å². The lowest BCUT2D eigenvalue weighted by molar-refractivity contribution is -0.121. The summed E-state index contributed by atoms with van der Waals surface area (Å²) in [5.41, 5.74) is 6.90. The molecule has 21 heavy (non-hydrogen) atoms. The number of hydrogen-bond donors (Lipinski definition) is 2. The average molecular weight is 286 g/mol. The fourth-order valence-corrected chi connectivity index (χ4v) is 2.64. The maximum atomic E-state index is 12.3. The van der Waals surface area contributed by atoms with Crippen LogP contribution < -0.4 is 11.1 Å². The minimum Gasteiger partial charge on any atom is -0.339 e. The second-order valence-electron chi connectivity index (χ2n) is 5.54. The number of nitrogens with one attached hydrogen (secondary N) is 1. The summed E-state index contributed by atoms with van der Waals surface area (Å²) in [6, 6.07) is 7.36. The van der Waals surface area contributed by atoms with Gasteiger partial charge in [0.25, 0.3) is 0 Å². The number of aromatic nitrogens is 2. The number of nitrogens with two attached hydrogens (primary N) is 1. The van der Waals surface area contributed by atoms with Crippen LogP contribution in [0.2, 0.25) is 0 Å². The van der Waals surface area contributed by atoms with Gasteiger partial charge in [-0.05, 0) is 25.0 Å². The third-order valence-corrected chi connectivity index (χ3v) is 3.85. The number of anilines is 1. The molecule has 3 rings (SSSR count). The van der Waals surface area contributed by atoms with Crippen molar-refractivity contribution in [1.82, 2.24) is 10.1 Å². The lowest BCUT2D eigenvalue weighted by atomic mass is 9.98. The SMILES string of the molecule is Cc1nc(-c2cccc(NC(=O)C3(N)CCCC3)c2)no1. The Kier molecular flexibility index (Phi) is 3.47. The number of benzene rings is 1. The molecule has 1 aromatic heterocycles. The van der Waals surface area contributed by atoms with E-state index in [0.29, 0.717) is 17.4 Å². The second kappa shape index (κ2) is 5.29. The standard InChI is InChI=1S/C15H18N4O2/c1-10-17-13(19-21-10)11-5-4-6-12(9-11)18-14(20)15(16)7-2-3-8-15/h4-6,9H,2-3,7-8,16H2,1H3,(H,18,20). The van der Waals surface area contributed by atoms with Gasteiger partial charge in [0.15, 0.2) is 0 Å². The van der Waals surface area contributed by atoms with Gasteiger partial charge in [-0.3, -0.25) is 4.79 Å². The number of carbonyl (C=O) groups is 1. The molecule has 6 heteroatoms. The van der Waals surface area contributed by atoms with Gasteiger partial charge in [0.2, 0.25) is 17.6 Å². The third-order valence-electron chi connectivity index (χ3n) is 3.85. The summed E-state index contributed by atoms with van der Waals surface area (Å²) in [5.74, 6) is 0.889. The van der Waals surface area contributed by atoms with Crippen molar-refractivity contribution in [3.05, 3.63) is 30.2 Å². The minimum atomic E-state index is -0.737. The van der Waals surface area contributed by atoms with E-state index in [9.17, 15) is 4.79 Å². The van der Waals surface area contributed by atoms with Gasteiger partial charge in [-0.1, -0.05) is 30.1 Å². The normalized spacial score (nSPS) is 16.9. The molecule has 0 bridgehead atoms. The van der Waals surface area contributed by atoms with Gasteiger partial charge in [0.1, 0.15) is 0 Å². The van der Waals surface area contributed by atoms with Crippen molar-refractivity contribution in [3.8, 4) is 11.4 Å². The molecule has 1 fully saturated rings. The van der Waals surface area contributed by atoms with Crippen molar-refractivity contribution >= 4 is 11.6 Å². The van der Waals surface area contributed by atoms with Crippen molar-refractivity contribution < 1.29 is 9.32 Å². The highest BCUT2D eigenvalue weighted by Crippen LogP contribution is 2.29. The van der Waals surface area contributed by atoms with E-state index in [1.54, 1.807) is 6.92 Å². The number of carbonyl (C=O) groups excluding carboxylic acids is 1. The van der Waals surface area contributed by atoms with Crippen molar-refractivity contribution in [2.45, 2.75) is 38.1 Å². The number of aryl methyl sites for hydroxylation is 1. The molecule has 1 saturated carbocycles. The Morgan fingerprint density at radius 3 is 2.81 bits per heavy atom. The number of rotatable bonds is 3. The number of hydrogen-bond acceptors (Lipinski definition) is 5. The van der Waals surface area contributed by atoms with E-state index in [-0.39, 0.29) is 5.91 Å². The fourth-order valence-electron chi connectivity index (χ4n) is 2.64. The summed E-state index contributed by atoms with van der Waals surface area (Å²) in [6.45, 7) is 1.74. The third kappa shape index (κ3) is 2.80. The van der Waals surface area contributed by atoms with Crippen LogP contribution in [0.1, 0.15) is 31.6 Å². The van der Waals surface area contributed by atoms with E-state index in [2.05, 4.69) is 15.5 Å². The molecule has 3 N–H and O–H groups in total. The summed E-state index contributed by atoms with van der Waals surface area (Å²) >= 11 is 0. The molecule has 1 aliphatic carbocycles. The molecule has 0 unspecified atom stereocenters. The van der Waals surface area contributed by atoms with Gasteiger partial charge in [-0.25, -0.2) is 0 Å². The molecule has 0 radical (unpaired) electrons. The van der Waals surface area contributed by atoms with Gasteiger partial charge in [0, 0.05) is 18.2 Å².